The molecule has 7 heteroatoms. The van der Waals surface area contributed by atoms with Gasteiger partial charge in [0.15, 0.2) is 0 Å². The van der Waals surface area contributed by atoms with Crippen LogP contribution in [0.4, 0.5) is 11.4 Å². The standard InChI is InChI=1S/C10H14IN3O3/c1-6(15)8(12)5-13-9-3-2-7(11)4-10(9)14(16)17/h2-4,6,8,13,15H,5,12H2,1H3. The number of nitrogens with zero attached hydrogens (tertiary/aromatic N) is 1. The largest absolute Gasteiger partial charge is 0.392 e. The molecule has 0 radical (unpaired) electrons. The van der Waals surface area contributed by atoms with Crippen molar-refractivity contribution in [3.63, 3.8) is 0 Å². The molecule has 0 heterocycles. The van der Waals surface area contributed by atoms with Crippen molar-refractivity contribution in [1.29, 1.82) is 0 Å². The van der Waals surface area contributed by atoms with Crippen molar-refractivity contribution in [3.8, 4) is 0 Å². The molecule has 94 valence electrons. The number of hydrogen-bond donors (Lipinski definition) is 3. The van der Waals surface area contributed by atoms with Gasteiger partial charge in [-0.2, -0.15) is 0 Å². The second-order valence-corrected chi connectivity index (χ2v) is 4.95. The minimum atomic E-state index is -0.662. The highest BCUT2D eigenvalue weighted by molar-refractivity contribution is 14.1. The zero-order valence-corrected chi connectivity index (χ0v) is 11.4. The van der Waals surface area contributed by atoms with Crippen molar-refractivity contribution in [2.24, 2.45) is 5.73 Å². The summed E-state index contributed by atoms with van der Waals surface area (Å²) in [6.45, 7) is 1.85. The molecular weight excluding hydrogens is 337 g/mol. The van der Waals surface area contributed by atoms with Crippen molar-refractivity contribution in [1.82, 2.24) is 0 Å². The Morgan fingerprint density at radius 2 is 2.29 bits per heavy atom. The second-order valence-electron chi connectivity index (χ2n) is 3.70. The fraction of sp³-hybridized carbons (Fsp3) is 0.400. The molecule has 1 aromatic carbocycles. The molecule has 0 aliphatic carbocycles. The molecule has 0 aromatic heterocycles. The van der Waals surface area contributed by atoms with Crippen LogP contribution in [0.1, 0.15) is 6.92 Å². The smallest absolute Gasteiger partial charge is 0.293 e. The van der Waals surface area contributed by atoms with Gasteiger partial charge >= 0.3 is 0 Å². The van der Waals surface area contributed by atoms with Crippen LogP contribution in [0.5, 0.6) is 0 Å². The number of halogens is 1. The summed E-state index contributed by atoms with van der Waals surface area (Å²) in [6, 6.07) is 4.42. The average molecular weight is 351 g/mol. The fourth-order valence-electron chi connectivity index (χ4n) is 1.20. The van der Waals surface area contributed by atoms with Crippen molar-refractivity contribution >= 4 is 34.0 Å². The van der Waals surface area contributed by atoms with Crippen LogP contribution in [0.2, 0.25) is 0 Å². The van der Waals surface area contributed by atoms with Crippen LogP contribution in [-0.2, 0) is 0 Å². The Morgan fingerprint density at radius 1 is 1.65 bits per heavy atom. The summed E-state index contributed by atoms with van der Waals surface area (Å²) in [5.74, 6) is 0. The molecule has 4 N–H and O–H groups in total. The molecule has 0 spiro atoms. The van der Waals surface area contributed by atoms with E-state index in [-0.39, 0.29) is 12.2 Å². The van der Waals surface area contributed by atoms with E-state index in [1.807, 2.05) is 22.6 Å². The maximum absolute atomic E-state index is 10.8. The first-order valence-electron chi connectivity index (χ1n) is 5.03. The monoisotopic (exact) mass is 351 g/mol. The number of benzene rings is 1. The fourth-order valence-corrected chi connectivity index (χ4v) is 1.68. The molecule has 6 nitrogen and oxygen atoms in total. The third kappa shape index (κ3) is 4.10. The lowest BCUT2D eigenvalue weighted by atomic mass is 10.2. The van der Waals surface area contributed by atoms with Crippen molar-refractivity contribution in [2.45, 2.75) is 19.1 Å². The topological polar surface area (TPSA) is 101 Å². The number of nitrogens with one attached hydrogen (secondary N) is 1. The molecule has 0 saturated heterocycles. The van der Waals surface area contributed by atoms with E-state index >= 15 is 0 Å². The Labute approximate surface area is 112 Å². The molecule has 1 rings (SSSR count). The molecule has 17 heavy (non-hydrogen) atoms. The quantitative estimate of drug-likeness (QED) is 0.422. The van der Waals surface area contributed by atoms with Crippen LogP contribution in [-0.4, -0.2) is 28.7 Å². The molecule has 0 aliphatic heterocycles. The molecule has 1 aromatic rings. The number of anilines is 1. The van der Waals surface area contributed by atoms with Gasteiger partial charge in [-0.05, 0) is 41.6 Å². The van der Waals surface area contributed by atoms with Crippen LogP contribution in [0.15, 0.2) is 18.2 Å². The minimum absolute atomic E-state index is 0.00897. The number of nitro benzene ring substituents is 1. The van der Waals surface area contributed by atoms with Gasteiger partial charge in [0.1, 0.15) is 5.69 Å². The third-order valence-corrected chi connectivity index (χ3v) is 2.98. The van der Waals surface area contributed by atoms with Gasteiger partial charge in [-0.25, -0.2) is 0 Å². The lowest BCUT2D eigenvalue weighted by molar-refractivity contribution is -0.384. The van der Waals surface area contributed by atoms with E-state index in [1.165, 1.54) is 6.07 Å². The molecule has 0 amide bonds. The molecule has 0 bridgehead atoms. The van der Waals surface area contributed by atoms with E-state index in [4.69, 9.17) is 5.73 Å². The summed E-state index contributed by atoms with van der Waals surface area (Å²) in [7, 11) is 0. The van der Waals surface area contributed by atoms with E-state index in [1.54, 1.807) is 19.1 Å². The van der Waals surface area contributed by atoms with E-state index in [0.717, 1.165) is 3.57 Å². The van der Waals surface area contributed by atoms with Gasteiger partial charge in [0.25, 0.3) is 5.69 Å². The Bertz CT molecular complexity index is 412. The highest BCUT2D eigenvalue weighted by Gasteiger charge is 2.15. The van der Waals surface area contributed by atoms with Crippen molar-refractivity contribution < 1.29 is 10.0 Å². The number of nitro groups is 1. The summed E-state index contributed by atoms with van der Waals surface area (Å²) < 4.78 is 0.791. The summed E-state index contributed by atoms with van der Waals surface area (Å²) in [6.07, 6.45) is -0.662. The summed E-state index contributed by atoms with van der Waals surface area (Å²) in [4.78, 5) is 10.4. The first-order valence-corrected chi connectivity index (χ1v) is 6.11. The molecular formula is C10H14IN3O3. The molecule has 0 aliphatic rings. The Kier molecular flexibility index (Phi) is 5.09. The first kappa shape index (κ1) is 14.1. The summed E-state index contributed by atoms with van der Waals surface area (Å²) in [5, 5.41) is 22.9. The number of aliphatic hydroxyl groups excluding tert-OH is 1. The first-order chi connectivity index (χ1) is 7.91. The van der Waals surface area contributed by atoms with E-state index < -0.39 is 17.1 Å². The van der Waals surface area contributed by atoms with Gasteiger partial charge in [0, 0.05) is 22.2 Å². The molecule has 0 saturated carbocycles. The van der Waals surface area contributed by atoms with E-state index in [0.29, 0.717) is 5.69 Å². The van der Waals surface area contributed by atoms with E-state index in [2.05, 4.69) is 5.32 Å². The van der Waals surface area contributed by atoms with Crippen LogP contribution in [0, 0.1) is 13.7 Å². The predicted octanol–water partition coefficient (Wildman–Crippen LogP) is 1.32. The van der Waals surface area contributed by atoms with Crippen molar-refractivity contribution in [2.75, 3.05) is 11.9 Å². The SMILES string of the molecule is CC(O)C(N)CNc1ccc(I)cc1[N+](=O)[O-]. The summed E-state index contributed by atoms with van der Waals surface area (Å²) >= 11 is 2.01. The number of rotatable bonds is 5. The van der Waals surface area contributed by atoms with Crippen LogP contribution in [0.25, 0.3) is 0 Å². The summed E-state index contributed by atoms with van der Waals surface area (Å²) in [5.41, 5.74) is 6.05. The maximum atomic E-state index is 10.8. The normalized spacial score (nSPS) is 14.1. The zero-order valence-electron chi connectivity index (χ0n) is 9.26. The molecule has 2 unspecified atom stereocenters. The average Bonchev–Trinajstić information content (AvgIpc) is 2.26. The van der Waals surface area contributed by atoms with Crippen LogP contribution < -0.4 is 11.1 Å². The van der Waals surface area contributed by atoms with Crippen LogP contribution in [0.3, 0.4) is 0 Å². The number of nitrogens with two attached hydrogens (primary N) is 1. The minimum Gasteiger partial charge on any atom is -0.392 e. The Morgan fingerprint density at radius 3 is 2.82 bits per heavy atom. The lowest BCUT2D eigenvalue weighted by Gasteiger charge is -2.16. The van der Waals surface area contributed by atoms with Gasteiger partial charge in [0.2, 0.25) is 0 Å². The second kappa shape index (κ2) is 6.12. The highest BCUT2D eigenvalue weighted by Crippen LogP contribution is 2.26. The number of hydrogen-bond acceptors (Lipinski definition) is 5. The van der Waals surface area contributed by atoms with Gasteiger partial charge in [0.05, 0.1) is 11.0 Å². The van der Waals surface area contributed by atoms with Gasteiger partial charge < -0.3 is 16.2 Å². The van der Waals surface area contributed by atoms with Crippen LogP contribution >= 0.6 is 22.6 Å². The Hall–Kier alpha value is -0.930. The predicted molar refractivity (Wildman–Crippen MR) is 74.0 cm³/mol. The number of aliphatic hydroxyl groups is 1. The van der Waals surface area contributed by atoms with Gasteiger partial charge in [-0.15, -0.1) is 0 Å². The Balaban J connectivity index is 2.80. The van der Waals surface area contributed by atoms with E-state index in [9.17, 15) is 15.2 Å². The zero-order chi connectivity index (χ0) is 13.0. The molecule has 2 atom stereocenters. The van der Waals surface area contributed by atoms with Gasteiger partial charge in [-0.1, -0.05) is 0 Å². The maximum Gasteiger partial charge on any atom is 0.293 e. The van der Waals surface area contributed by atoms with Crippen molar-refractivity contribution in [3.05, 3.63) is 31.9 Å². The lowest BCUT2D eigenvalue weighted by Crippen LogP contribution is -2.38. The van der Waals surface area contributed by atoms with Gasteiger partial charge in [-0.3, -0.25) is 10.1 Å². The molecule has 0 fully saturated rings. The third-order valence-electron chi connectivity index (χ3n) is 2.30. The highest BCUT2D eigenvalue weighted by atomic mass is 127.